The number of hydrogen-bond donors (Lipinski definition) is 1. The van der Waals surface area contributed by atoms with Crippen LogP contribution in [0.5, 0.6) is 0 Å². The van der Waals surface area contributed by atoms with Crippen LogP contribution >= 0.6 is 11.3 Å². The number of methoxy groups -OCH3 is 1. The third kappa shape index (κ3) is 3.45. The van der Waals surface area contributed by atoms with Crippen molar-refractivity contribution < 1.29 is 4.74 Å². The highest BCUT2D eigenvalue weighted by Crippen LogP contribution is 2.31. The molecule has 2 N–H and O–H groups in total. The summed E-state index contributed by atoms with van der Waals surface area (Å²) in [6.45, 7) is 10.2. The highest BCUT2D eigenvalue weighted by atomic mass is 32.1. The Kier molecular flexibility index (Phi) is 5.15. The highest BCUT2D eigenvalue weighted by Gasteiger charge is 2.21. The number of anilines is 1. The number of thiazole rings is 1. The van der Waals surface area contributed by atoms with Crippen LogP contribution in [0.1, 0.15) is 30.5 Å². The minimum absolute atomic E-state index is 0.0216. The molecular formula is C13H24N4OS. The Hall–Kier alpha value is -0.690. The monoisotopic (exact) mass is 284 g/mol. The van der Waals surface area contributed by atoms with Crippen LogP contribution in [0.3, 0.4) is 0 Å². The van der Waals surface area contributed by atoms with Gasteiger partial charge in [-0.25, -0.2) is 4.98 Å². The fourth-order valence-electron chi connectivity index (χ4n) is 2.34. The van der Waals surface area contributed by atoms with E-state index in [9.17, 15) is 0 Å². The lowest BCUT2D eigenvalue weighted by Crippen LogP contribution is -2.46. The average Bonchev–Trinajstić information content (AvgIpc) is 2.83. The van der Waals surface area contributed by atoms with Crippen molar-refractivity contribution in [3.8, 4) is 0 Å². The summed E-state index contributed by atoms with van der Waals surface area (Å²) >= 11 is 1.71. The van der Waals surface area contributed by atoms with Gasteiger partial charge in [0.1, 0.15) is 0 Å². The number of hydrogen-bond acceptors (Lipinski definition) is 6. The van der Waals surface area contributed by atoms with Gasteiger partial charge >= 0.3 is 0 Å². The fraction of sp³-hybridized carbons (Fsp3) is 0.769. The van der Waals surface area contributed by atoms with Crippen LogP contribution in [0.15, 0.2) is 0 Å². The first-order chi connectivity index (χ1) is 9.15. The molecule has 0 aliphatic carbocycles. The first-order valence-corrected chi connectivity index (χ1v) is 7.68. The molecule has 0 spiro atoms. The predicted molar refractivity (Wildman–Crippen MR) is 79.8 cm³/mol. The molecule has 1 aliphatic heterocycles. The lowest BCUT2D eigenvalue weighted by molar-refractivity contribution is 0.181. The second kappa shape index (κ2) is 6.65. The molecule has 1 unspecified atom stereocenters. The van der Waals surface area contributed by atoms with Gasteiger partial charge in [0, 0.05) is 44.2 Å². The van der Waals surface area contributed by atoms with Crippen molar-refractivity contribution in [2.24, 2.45) is 5.73 Å². The van der Waals surface area contributed by atoms with E-state index in [-0.39, 0.29) is 6.04 Å². The molecule has 108 valence electrons. The zero-order chi connectivity index (χ0) is 13.8. The Morgan fingerprint density at radius 1 is 1.37 bits per heavy atom. The van der Waals surface area contributed by atoms with Gasteiger partial charge in [-0.3, -0.25) is 0 Å². The summed E-state index contributed by atoms with van der Waals surface area (Å²) in [7, 11) is 1.70. The van der Waals surface area contributed by atoms with E-state index in [0.717, 1.165) is 48.4 Å². The van der Waals surface area contributed by atoms with Crippen LogP contribution in [0.2, 0.25) is 0 Å². The molecule has 0 bridgehead atoms. The molecule has 1 aromatic heterocycles. The van der Waals surface area contributed by atoms with Gasteiger partial charge in [0.2, 0.25) is 0 Å². The molecule has 6 heteroatoms. The van der Waals surface area contributed by atoms with Gasteiger partial charge in [-0.2, -0.15) is 0 Å². The maximum atomic E-state index is 6.02. The maximum absolute atomic E-state index is 6.02. The Morgan fingerprint density at radius 3 is 2.58 bits per heavy atom. The van der Waals surface area contributed by atoms with E-state index < -0.39 is 0 Å². The lowest BCUT2D eigenvalue weighted by Gasteiger charge is -2.33. The van der Waals surface area contributed by atoms with Gasteiger partial charge in [0.05, 0.1) is 12.3 Å². The summed E-state index contributed by atoms with van der Waals surface area (Å²) in [5.41, 5.74) is 7.02. The minimum atomic E-state index is 0.0216. The number of nitrogens with two attached hydrogens (primary N) is 1. The van der Waals surface area contributed by atoms with Crippen molar-refractivity contribution >= 4 is 16.5 Å². The van der Waals surface area contributed by atoms with Crippen LogP contribution in [-0.2, 0) is 11.3 Å². The van der Waals surface area contributed by atoms with Crippen molar-refractivity contribution in [2.45, 2.75) is 26.5 Å². The number of likely N-dealkylation sites (N-methyl/N-ethyl adjacent to an activating group) is 1. The summed E-state index contributed by atoms with van der Waals surface area (Å²) < 4.78 is 5.22. The summed E-state index contributed by atoms with van der Waals surface area (Å²) in [6, 6.07) is 0.0216. The van der Waals surface area contributed by atoms with Crippen LogP contribution in [0.4, 0.5) is 5.13 Å². The molecular weight excluding hydrogens is 260 g/mol. The van der Waals surface area contributed by atoms with Gasteiger partial charge in [0.25, 0.3) is 0 Å². The first kappa shape index (κ1) is 14.7. The molecule has 19 heavy (non-hydrogen) atoms. The van der Waals surface area contributed by atoms with Crippen molar-refractivity contribution in [3.63, 3.8) is 0 Å². The van der Waals surface area contributed by atoms with E-state index in [1.807, 2.05) is 6.92 Å². The SMILES string of the molecule is CCN1CCN(c2nc(COC)c(C(C)N)s2)CC1. The number of piperazine rings is 1. The lowest BCUT2D eigenvalue weighted by atomic mass is 10.2. The number of nitrogens with zero attached hydrogens (tertiary/aromatic N) is 3. The summed E-state index contributed by atoms with van der Waals surface area (Å²) in [6.07, 6.45) is 0. The quantitative estimate of drug-likeness (QED) is 0.887. The Labute approximate surface area is 119 Å². The first-order valence-electron chi connectivity index (χ1n) is 6.87. The predicted octanol–water partition coefficient (Wildman–Crippen LogP) is 1.45. The van der Waals surface area contributed by atoms with Gasteiger partial charge in [-0.15, -0.1) is 0 Å². The van der Waals surface area contributed by atoms with Gasteiger partial charge in [-0.1, -0.05) is 18.3 Å². The maximum Gasteiger partial charge on any atom is 0.186 e. The van der Waals surface area contributed by atoms with E-state index in [0.29, 0.717) is 6.61 Å². The van der Waals surface area contributed by atoms with Crippen molar-refractivity contribution in [1.82, 2.24) is 9.88 Å². The molecule has 1 fully saturated rings. The number of aromatic nitrogens is 1. The zero-order valence-corrected chi connectivity index (χ0v) is 12.9. The second-order valence-corrected chi connectivity index (χ2v) is 5.96. The van der Waals surface area contributed by atoms with Crippen molar-refractivity contribution in [3.05, 3.63) is 10.6 Å². The molecule has 0 aromatic carbocycles. The third-order valence-corrected chi connectivity index (χ3v) is 4.86. The smallest absolute Gasteiger partial charge is 0.186 e. The van der Waals surface area contributed by atoms with Crippen LogP contribution in [0.25, 0.3) is 0 Å². The molecule has 1 saturated heterocycles. The van der Waals surface area contributed by atoms with Crippen molar-refractivity contribution in [2.75, 3.05) is 44.7 Å². The van der Waals surface area contributed by atoms with Crippen LogP contribution in [-0.4, -0.2) is 49.7 Å². The van der Waals surface area contributed by atoms with E-state index in [2.05, 4.69) is 16.7 Å². The zero-order valence-electron chi connectivity index (χ0n) is 12.1. The van der Waals surface area contributed by atoms with E-state index >= 15 is 0 Å². The Bertz CT molecular complexity index is 399. The largest absolute Gasteiger partial charge is 0.378 e. The van der Waals surface area contributed by atoms with Gasteiger partial charge in [0.15, 0.2) is 5.13 Å². The van der Waals surface area contributed by atoms with E-state index in [1.54, 1.807) is 18.4 Å². The Balaban J connectivity index is 2.10. The molecule has 5 nitrogen and oxygen atoms in total. The minimum Gasteiger partial charge on any atom is -0.378 e. The second-order valence-electron chi connectivity index (χ2n) is 4.95. The topological polar surface area (TPSA) is 54.6 Å². The molecule has 2 rings (SSSR count). The standard InChI is InChI=1S/C13H24N4OS/c1-4-16-5-7-17(8-6-16)13-15-11(9-18-3)12(19-13)10(2)14/h10H,4-9,14H2,1-3H3. The Morgan fingerprint density at radius 2 is 2.05 bits per heavy atom. The van der Waals surface area contributed by atoms with E-state index in [1.165, 1.54) is 0 Å². The molecule has 1 aromatic rings. The number of ether oxygens (including phenoxy) is 1. The van der Waals surface area contributed by atoms with Crippen LogP contribution in [0, 0.1) is 0 Å². The summed E-state index contributed by atoms with van der Waals surface area (Å²) in [5.74, 6) is 0. The molecule has 2 heterocycles. The molecule has 0 radical (unpaired) electrons. The molecule has 0 amide bonds. The van der Waals surface area contributed by atoms with E-state index in [4.69, 9.17) is 15.5 Å². The van der Waals surface area contributed by atoms with Crippen LogP contribution < -0.4 is 10.6 Å². The third-order valence-electron chi connectivity index (χ3n) is 3.50. The fourth-order valence-corrected chi connectivity index (χ4v) is 3.41. The summed E-state index contributed by atoms with van der Waals surface area (Å²) in [5, 5.41) is 1.09. The molecule has 0 saturated carbocycles. The summed E-state index contributed by atoms with van der Waals surface area (Å²) in [4.78, 5) is 10.7. The van der Waals surface area contributed by atoms with Crippen molar-refractivity contribution in [1.29, 1.82) is 0 Å². The average molecular weight is 284 g/mol. The highest BCUT2D eigenvalue weighted by molar-refractivity contribution is 7.15. The van der Waals surface area contributed by atoms with Gasteiger partial charge in [-0.05, 0) is 13.5 Å². The number of rotatable bonds is 5. The van der Waals surface area contributed by atoms with Gasteiger partial charge < -0.3 is 20.3 Å². The molecule has 1 atom stereocenters. The normalized spacial score (nSPS) is 18.8. The molecule has 1 aliphatic rings.